The van der Waals surface area contributed by atoms with Crippen molar-refractivity contribution in [2.75, 3.05) is 27.9 Å². The molecule has 2 rings (SSSR count). The molecule has 1 aromatic carbocycles. The molecule has 1 aromatic rings. The van der Waals surface area contributed by atoms with Crippen LogP contribution < -0.4 is 24.8 Å². The Morgan fingerprint density at radius 2 is 1.76 bits per heavy atom. The van der Waals surface area contributed by atoms with E-state index in [0.717, 1.165) is 11.1 Å². The lowest BCUT2D eigenvalue weighted by Crippen LogP contribution is -2.56. The Morgan fingerprint density at radius 1 is 1.09 bits per heavy atom. The van der Waals surface area contributed by atoms with Crippen molar-refractivity contribution in [1.82, 2.24) is 10.6 Å². The first kappa shape index (κ1) is 26.8. The Bertz CT molecular complexity index is 811. The Morgan fingerprint density at radius 3 is 2.27 bits per heavy atom. The van der Waals surface area contributed by atoms with Crippen LogP contribution in [-0.2, 0) is 22.4 Å². The van der Waals surface area contributed by atoms with Gasteiger partial charge in [0.15, 0.2) is 11.5 Å². The predicted octanol–water partition coefficient (Wildman–Crippen LogP) is -0.163. The number of amides is 2. The van der Waals surface area contributed by atoms with Gasteiger partial charge in [0.05, 0.1) is 33.9 Å². The zero-order valence-electron chi connectivity index (χ0n) is 19.9. The van der Waals surface area contributed by atoms with E-state index in [2.05, 4.69) is 10.6 Å². The first-order valence-electron chi connectivity index (χ1n) is 11.0. The normalized spacial score (nSPS) is 16.9. The number of hydrogen-bond donors (Lipinski definition) is 5. The summed E-state index contributed by atoms with van der Waals surface area (Å²) in [4.78, 5) is 25.6. The molecule has 2 amide bonds. The summed E-state index contributed by atoms with van der Waals surface area (Å²) in [6, 6.07) is 0.543. The SMILES string of the molecule is COc1cc(OC)c(OC)c2c1CCC(C(=O)N[C@@H](CO)C(=O)NC(CC(C)C)B(O)O)C2. The number of rotatable bonds is 11. The number of carbonyl (C=O) groups is 2. The van der Waals surface area contributed by atoms with Crippen LogP contribution in [0.5, 0.6) is 17.2 Å². The molecule has 0 aromatic heterocycles. The Hall–Kier alpha value is -2.50. The van der Waals surface area contributed by atoms with Crippen molar-refractivity contribution >= 4 is 18.9 Å². The zero-order chi connectivity index (χ0) is 24.7. The molecule has 0 aliphatic heterocycles. The molecule has 33 heavy (non-hydrogen) atoms. The number of ether oxygens (including phenoxy) is 3. The highest BCUT2D eigenvalue weighted by atomic mass is 16.5. The Balaban J connectivity index is 2.15. The van der Waals surface area contributed by atoms with E-state index < -0.39 is 37.5 Å². The molecule has 0 bridgehead atoms. The minimum atomic E-state index is -1.75. The highest BCUT2D eigenvalue weighted by Crippen LogP contribution is 2.44. The summed E-state index contributed by atoms with van der Waals surface area (Å²) in [7, 11) is 2.88. The maximum atomic E-state index is 13.0. The fourth-order valence-corrected chi connectivity index (χ4v) is 4.17. The molecule has 5 N–H and O–H groups in total. The van der Waals surface area contributed by atoms with Crippen LogP contribution in [0.15, 0.2) is 6.07 Å². The van der Waals surface area contributed by atoms with E-state index in [9.17, 15) is 24.7 Å². The lowest BCUT2D eigenvalue weighted by molar-refractivity contribution is -0.132. The predicted molar refractivity (Wildman–Crippen MR) is 122 cm³/mol. The van der Waals surface area contributed by atoms with Gasteiger partial charge in [-0.15, -0.1) is 0 Å². The van der Waals surface area contributed by atoms with Crippen molar-refractivity contribution in [1.29, 1.82) is 0 Å². The summed E-state index contributed by atoms with van der Waals surface area (Å²) < 4.78 is 16.4. The van der Waals surface area contributed by atoms with Gasteiger partial charge < -0.3 is 40.0 Å². The van der Waals surface area contributed by atoms with Gasteiger partial charge >= 0.3 is 7.12 Å². The average molecular weight is 466 g/mol. The van der Waals surface area contributed by atoms with Crippen LogP contribution in [-0.4, -0.2) is 74.0 Å². The van der Waals surface area contributed by atoms with Crippen LogP contribution in [0.4, 0.5) is 0 Å². The van der Waals surface area contributed by atoms with Crippen LogP contribution in [0.25, 0.3) is 0 Å². The van der Waals surface area contributed by atoms with Crippen molar-refractivity contribution in [3.05, 3.63) is 17.2 Å². The molecule has 11 heteroatoms. The first-order valence-corrected chi connectivity index (χ1v) is 11.0. The van der Waals surface area contributed by atoms with Gasteiger partial charge in [0.25, 0.3) is 0 Å². The van der Waals surface area contributed by atoms with Crippen molar-refractivity contribution in [3.63, 3.8) is 0 Å². The van der Waals surface area contributed by atoms with Gasteiger partial charge in [-0.25, -0.2) is 0 Å². The quantitative estimate of drug-likeness (QED) is 0.283. The van der Waals surface area contributed by atoms with Crippen molar-refractivity contribution < 1.29 is 39.0 Å². The molecule has 0 radical (unpaired) electrons. The Kier molecular flexibility index (Phi) is 9.81. The molecule has 1 aliphatic carbocycles. The highest BCUT2D eigenvalue weighted by molar-refractivity contribution is 6.43. The molecule has 1 aliphatic rings. The molecule has 0 saturated carbocycles. The van der Waals surface area contributed by atoms with Crippen LogP contribution in [0.2, 0.25) is 0 Å². The third kappa shape index (κ3) is 6.52. The van der Waals surface area contributed by atoms with Gasteiger partial charge in [0.1, 0.15) is 11.8 Å². The lowest BCUT2D eigenvalue weighted by atomic mass is 9.75. The molecule has 0 fully saturated rings. The number of methoxy groups -OCH3 is 3. The van der Waals surface area contributed by atoms with Crippen molar-refractivity contribution in [2.24, 2.45) is 11.8 Å². The maximum absolute atomic E-state index is 13.0. The van der Waals surface area contributed by atoms with Crippen molar-refractivity contribution in [2.45, 2.75) is 51.5 Å². The smallest absolute Gasteiger partial charge is 0.475 e. The summed E-state index contributed by atoms with van der Waals surface area (Å²) in [6.07, 6.45) is 1.78. The standard InChI is InChI=1S/C22H35BN2O8/c1-12(2)8-19(23(29)30)25-22(28)16(11-26)24-21(27)13-6-7-14-15(9-13)20(33-5)18(32-4)10-17(14)31-3/h10,12-13,16,19,26,29-30H,6-9,11H2,1-5H3,(H,24,27)(H,25,28)/t13?,16-,19?/m0/s1. The minimum Gasteiger partial charge on any atom is -0.496 e. The number of fused-ring (bicyclic) bond motifs is 1. The number of benzene rings is 1. The first-order chi connectivity index (χ1) is 15.7. The molecule has 3 atom stereocenters. The van der Waals surface area contributed by atoms with Gasteiger partial charge in [-0.1, -0.05) is 13.8 Å². The number of aliphatic hydroxyl groups excluding tert-OH is 1. The molecule has 2 unspecified atom stereocenters. The molecule has 0 heterocycles. The van der Waals surface area contributed by atoms with Crippen LogP contribution in [0.1, 0.15) is 37.8 Å². The van der Waals surface area contributed by atoms with E-state index in [0.29, 0.717) is 42.9 Å². The van der Waals surface area contributed by atoms with Gasteiger partial charge in [0.2, 0.25) is 11.8 Å². The van der Waals surface area contributed by atoms with E-state index >= 15 is 0 Å². The van der Waals surface area contributed by atoms with E-state index in [4.69, 9.17) is 14.2 Å². The summed E-state index contributed by atoms with van der Waals surface area (Å²) in [5.74, 6) is -0.630. The lowest BCUT2D eigenvalue weighted by Gasteiger charge is -2.29. The van der Waals surface area contributed by atoms with Gasteiger partial charge in [-0.05, 0) is 31.6 Å². The van der Waals surface area contributed by atoms with Crippen molar-refractivity contribution in [3.8, 4) is 17.2 Å². The third-order valence-electron chi connectivity index (χ3n) is 5.86. The molecule has 0 saturated heterocycles. The summed E-state index contributed by atoms with van der Waals surface area (Å²) in [6.45, 7) is 3.14. The van der Waals surface area contributed by atoms with Crippen LogP contribution >= 0.6 is 0 Å². The fraction of sp³-hybridized carbons (Fsp3) is 0.636. The van der Waals surface area contributed by atoms with Crippen LogP contribution in [0.3, 0.4) is 0 Å². The molecular formula is C22H35BN2O8. The second kappa shape index (κ2) is 12.1. The summed E-state index contributed by atoms with van der Waals surface area (Å²) in [5.41, 5.74) is 1.76. The largest absolute Gasteiger partial charge is 0.496 e. The maximum Gasteiger partial charge on any atom is 0.475 e. The van der Waals surface area contributed by atoms with E-state index in [1.807, 2.05) is 13.8 Å². The molecular weight excluding hydrogens is 431 g/mol. The number of nitrogens with one attached hydrogen (secondary N) is 2. The highest BCUT2D eigenvalue weighted by Gasteiger charge is 2.34. The number of carbonyl (C=O) groups excluding carboxylic acids is 2. The summed E-state index contributed by atoms with van der Waals surface area (Å²) >= 11 is 0. The molecule has 0 spiro atoms. The van der Waals surface area contributed by atoms with Gasteiger partial charge in [-0.2, -0.15) is 0 Å². The Labute approximate surface area is 194 Å². The van der Waals surface area contributed by atoms with E-state index in [1.54, 1.807) is 13.2 Å². The third-order valence-corrected chi connectivity index (χ3v) is 5.86. The van der Waals surface area contributed by atoms with Crippen LogP contribution in [0, 0.1) is 11.8 Å². The zero-order valence-corrected chi connectivity index (χ0v) is 19.9. The molecule has 10 nitrogen and oxygen atoms in total. The number of aliphatic hydroxyl groups is 1. The summed E-state index contributed by atoms with van der Waals surface area (Å²) in [5, 5.41) is 33.9. The monoisotopic (exact) mass is 466 g/mol. The topological polar surface area (TPSA) is 147 Å². The van der Waals surface area contributed by atoms with Gasteiger partial charge in [-0.3, -0.25) is 9.59 Å². The van der Waals surface area contributed by atoms with E-state index in [1.165, 1.54) is 14.2 Å². The second-order valence-electron chi connectivity index (χ2n) is 8.61. The van der Waals surface area contributed by atoms with Gasteiger partial charge in [0, 0.05) is 23.1 Å². The minimum absolute atomic E-state index is 0.102. The second-order valence-corrected chi connectivity index (χ2v) is 8.61. The fourth-order valence-electron chi connectivity index (χ4n) is 4.17. The van der Waals surface area contributed by atoms with E-state index in [-0.39, 0.29) is 11.8 Å². The molecule has 184 valence electrons. The number of hydrogen-bond acceptors (Lipinski definition) is 8. The average Bonchev–Trinajstić information content (AvgIpc) is 2.79.